The van der Waals surface area contributed by atoms with Crippen molar-refractivity contribution >= 4 is 35.8 Å². The number of benzene rings is 1. The summed E-state index contributed by atoms with van der Waals surface area (Å²) in [6.07, 6.45) is 0. The van der Waals surface area contributed by atoms with Crippen LogP contribution in [-0.4, -0.2) is 22.3 Å². The maximum Gasteiger partial charge on any atom is 0.490 e. The molecule has 0 bridgehead atoms. The fourth-order valence-corrected chi connectivity index (χ4v) is 1.22. The predicted molar refractivity (Wildman–Crippen MR) is 48.0 cm³/mol. The molecule has 0 amide bonds. The number of aromatic hydroxyl groups is 1. The average Bonchev–Trinajstić information content (AvgIpc) is 2.00. The summed E-state index contributed by atoms with van der Waals surface area (Å²) in [6, 6.07) is 2.66. The van der Waals surface area contributed by atoms with Crippen molar-refractivity contribution in [1.29, 1.82) is 0 Å². The Morgan fingerprint density at radius 2 is 1.75 bits per heavy atom. The minimum atomic E-state index is -1.71. The first-order valence-corrected chi connectivity index (χ1v) is 3.82. The highest BCUT2D eigenvalue weighted by Crippen LogP contribution is 2.29. The summed E-state index contributed by atoms with van der Waals surface area (Å²) in [5.41, 5.74) is 0.0265. The maximum absolute atomic E-state index is 9.15. The van der Waals surface area contributed by atoms with Crippen molar-refractivity contribution in [3.8, 4) is 5.75 Å². The normalized spacial score (nSPS) is 10.0. The van der Waals surface area contributed by atoms with Crippen LogP contribution in [0.4, 0.5) is 0 Å². The van der Waals surface area contributed by atoms with Gasteiger partial charge in [-0.1, -0.05) is 29.3 Å². The molecule has 3 N–H and O–H groups in total. The van der Waals surface area contributed by atoms with E-state index in [-0.39, 0.29) is 21.3 Å². The first-order valence-electron chi connectivity index (χ1n) is 3.07. The maximum atomic E-state index is 9.15. The molecule has 0 aromatic heterocycles. The molecular formula is C6H5BCl2O3. The van der Waals surface area contributed by atoms with Gasteiger partial charge in [-0.15, -0.1) is 0 Å². The van der Waals surface area contributed by atoms with E-state index in [0.717, 1.165) is 0 Å². The summed E-state index contributed by atoms with van der Waals surface area (Å²) < 4.78 is 0. The molecule has 6 heteroatoms. The van der Waals surface area contributed by atoms with Gasteiger partial charge in [0.1, 0.15) is 0 Å². The fourth-order valence-electron chi connectivity index (χ4n) is 0.756. The van der Waals surface area contributed by atoms with Crippen molar-refractivity contribution in [1.82, 2.24) is 0 Å². The Balaban J connectivity index is 3.27. The molecule has 0 spiro atoms. The van der Waals surface area contributed by atoms with Crippen LogP contribution in [0.3, 0.4) is 0 Å². The molecule has 0 saturated heterocycles. The highest BCUT2D eigenvalue weighted by atomic mass is 35.5. The quantitative estimate of drug-likeness (QED) is 0.583. The Kier molecular flexibility index (Phi) is 2.85. The Labute approximate surface area is 79.3 Å². The molecule has 0 atom stereocenters. The van der Waals surface area contributed by atoms with Gasteiger partial charge in [0.25, 0.3) is 0 Å². The van der Waals surface area contributed by atoms with E-state index in [2.05, 4.69) is 0 Å². The molecular weight excluding hydrogens is 202 g/mol. The van der Waals surface area contributed by atoms with Gasteiger partial charge in [-0.05, 0) is 6.07 Å². The van der Waals surface area contributed by atoms with Gasteiger partial charge in [0.15, 0.2) is 5.75 Å². The Bertz CT molecular complexity index is 303. The highest BCUT2D eigenvalue weighted by molar-refractivity contribution is 6.63. The van der Waals surface area contributed by atoms with E-state index in [9.17, 15) is 0 Å². The summed E-state index contributed by atoms with van der Waals surface area (Å²) in [5.74, 6) is -0.344. The number of phenols is 1. The van der Waals surface area contributed by atoms with Crippen molar-refractivity contribution in [2.45, 2.75) is 0 Å². The lowest BCUT2D eigenvalue weighted by Crippen LogP contribution is -2.30. The molecule has 0 radical (unpaired) electrons. The smallest absolute Gasteiger partial charge is 0.490 e. The lowest BCUT2D eigenvalue weighted by molar-refractivity contribution is 0.425. The van der Waals surface area contributed by atoms with Gasteiger partial charge in [0.2, 0.25) is 0 Å². The fraction of sp³-hybridized carbons (Fsp3) is 0. The molecule has 64 valence electrons. The topological polar surface area (TPSA) is 60.7 Å². The van der Waals surface area contributed by atoms with Gasteiger partial charge in [0.05, 0.1) is 10.0 Å². The zero-order valence-electron chi connectivity index (χ0n) is 5.83. The third-order valence-electron chi connectivity index (χ3n) is 1.37. The van der Waals surface area contributed by atoms with E-state index in [1.807, 2.05) is 0 Å². The van der Waals surface area contributed by atoms with E-state index in [0.29, 0.717) is 0 Å². The molecule has 0 unspecified atom stereocenters. The average molecular weight is 207 g/mol. The molecule has 0 saturated carbocycles. The van der Waals surface area contributed by atoms with Gasteiger partial charge in [-0.2, -0.15) is 0 Å². The van der Waals surface area contributed by atoms with E-state index < -0.39 is 7.12 Å². The van der Waals surface area contributed by atoms with Crippen LogP contribution in [0.25, 0.3) is 0 Å². The number of halogens is 2. The Morgan fingerprint density at radius 1 is 1.17 bits per heavy atom. The first-order chi connectivity index (χ1) is 5.54. The Hall–Kier alpha value is -0.415. The lowest BCUT2D eigenvalue weighted by Gasteiger charge is -2.05. The van der Waals surface area contributed by atoms with Gasteiger partial charge >= 0.3 is 7.12 Å². The number of phenolic OH excluding ortho intramolecular Hbond substituents is 1. The van der Waals surface area contributed by atoms with Crippen molar-refractivity contribution in [2.24, 2.45) is 0 Å². The lowest BCUT2D eigenvalue weighted by atomic mass is 9.80. The molecule has 12 heavy (non-hydrogen) atoms. The zero-order valence-corrected chi connectivity index (χ0v) is 7.34. The van der Waals surface area contributed by atoms with Crippen LogP contribution in [-0.2, 0) is 0 Å². The molecule has 1 aromatic carbocycles. The molecule has 1 aromatic rings. The van der Waals surface area contributed by atoms with E-state index in [1.54, 1.807) is 0 Å². The monoisotopic (exact) mass is 206 g/mol. The molecule has 0 aliphatic rings. The van der Waals surface area contributed by atoms with E-state index in [4.69, 9.17) is 38.4 Å². The molecule has 0 heterocycles. The van der Waals surface area contributed by atoms with Crippen LogP contribution in [0.2, 0.25) is 10.0 Å². The zero-order chi connectivity index (χ0) is 9.30. The third kappa shape index (κ3) is 1.67. The SMILES string of the molecule is OB(O)c1ccc(Cl)c(O)c1Cl. The van der Waals surface area contributed by atoms with E-state index in [1.165, 1.54) is 12.1 Å². The summed E-state index contributed by atoms with van der Waals surface area (Å²) >= 11 is 11.0. The van der Waals surface area contributed by atoms with Gasteiger partial charge < -0.3 is 15.2 Å². The van der Waals surface area contributed by atoms with Gasteiger partial charge in [0, 0.05) is 5.46 Å². The number of hydrogen-bond donors (Lipinski definition) is 3. The van der Waals surface area contributed by atoms with Crippen LogP contribution in [0, 0.1) is 0 Å². The largest absolute Gasteiger partial charge is 0.505 e. The van der Waals surface area contributed by atoms with Crippen LogP contribution in [0.5, 0.6) is 5.75 Å². The third-order valence-corrected chi connectivity index (χ3v) is 2.08. The van der Waals surface area contributed by atoms with E-state index >= 15 is 0 Å². The summed E-state index contributed by atoms with van der Waals surface area (Å²) in [4.78, 5) is 0. The minimum absolute atomic E-state index is 0.0265. The predicted octanol–water partition coefficient (Wildman–Crippen LogP) is 0.379. The second-order valence-electron chi connectivity index (χ2n) is 2.17. The van der Waals surface area contributed by atoms with Crippen LogP contribution >= 0.6 is 23.2 Å². The molecule has 1 rings (SSSR count). The van der Waals surface area contributed by atoms with Gasteiger partial charge in [-0.3, -0.25) is 0 Å². The van der Waals surface area contributed by atoms with Crippen molar-refractivity contribution in [3.05, 3.63) is 22.2 Å². The second-order valence-corrected chi connectivity index (χ2v) is 2.96. The molecule has 3 nitrogen and oxygen atoms in total. The second kappa shape index (κ2) is 3.54. The van der Waals surface area contributed by atoms with Crippen LogP contribution < -0.4 is 5.46 Å². The minimum Gasteiger partial charge on any atom is -0.505 e. The number of rotatable bonds is 1. The summed E-state index contributed by atoms with van der Waals surface area (Å²) in [7, 11) is -1.71. The van der Waals surface area contributed by atoms with Crippen LogP contribution in [0.1, 0.15) is 0 Å². The molecule has 0 fully saturated rings. The summed E-state index contributed by atoms with van der Waals surface area (Å²) in [6.45, 7) is 0. The molecule has 0 aliphatic heterocycles. The first kappa shape index (κ1) is 9.67. The van der Waals surface area contributed by atoms with Crippen molar-refractivity contribution in [3.63, 3.8) is 0 Å². The highest BCUT2D eigenvalue weighted by Gasteiger charge is 2.18. The Morgan fingerprint density at radius 3 is 2.25 bits per heavy atom. The molecule has 0 aliphatic carbocycles. The summed E-state index contributed by atoms with van der Waals surface area (Å²) in [5, 5.41) is 26.6. The number of hydrogen-bond acceptors (Lipinski definition) is 3. The van der Waals surface area contributed by atoms with Crippen LogP contribution in [0.15, 0.2) is 12.1 Å². The standard InChI is InChI=1S/C6H5BCl2O3/c8-4-2-1-3(7(11)12)5(9)6(4)10/h1-2,10-12H. The van der Waals surface area contributed by atoms with Crippen molar-refractivity contribution in [2.75, 3.05) is 0 Å². The van der Waals surface area contributed by atoms with Gasteiger partial charge in [-0.25, -0.2) is 0 Å². The van der Waals surface area contributed by atoms with Crippen molar-refractivity contribution < 1.29 is 15.2 Å².